The van der Waals surface area contributed by atoms with Crippen LogP contribution in [0.15, 0.2) is 61.1 Å². The highest BCUT2D eigenvalue weighted by molar-refractivity contribution is 6.22. The van der Waals surface area contributed by atoms with Crippen LogP contribution in [0.5, 0.6) is 0 Å². The number of nitrogens with one attached hydrogen (secondary N) is 1. The largest absolute Gasteiger partial charge is 0.353 e. The van der Waals surface area contributed by atoms with Crippen molar-refractivity contribution in [3.05, 3.63) is 72.2 Å². The number of carbonyl (C=O) groups is 3. The van der Waals surface area contributed by atoms with Crippen molar-refractivity contribution in [3.8, 4) is 0 Å². The zero-order valence-corrected chi connectivity index (χ0v) is 17.7. The number of imide groups is 1. The third-order valence-electron chi connectivity index (χ3n) is 5.64. The van der Waals surface area contributed by atoms with Gasteiger partial charge in [-0.1, -0.05) is 18.2 Å². The van der Waals surface area contributed by atoms with E-state index >= 15 is 0 Å². The Kier molecular flexibility index (Phi) is 5.39. The summed E-state index contributed by atoms with van der Waals surface area (Å²) >= 11 is 0. The molecule has 1 aromatic carbocycles. The van der Waals surface area contributed by atoms with Gasteiger partial charge >= 0.3 is 0 Å². The van der Waals surface area contributed by atoms with Crippen LogP contribution in [0, 0.1) is 0 Å². The van der Waals surface area contributed by atoms with Gasteiger partial charge in [-0.25, -0.2) is 15.0 Å². The van der Waals surface area contributed by atoms with Crippen molar-refractivity contribution >= 4 is 35.2 Å². The molecule has 4 heterocycles. The first-order valence-corrected chi connectivity index (χ1v) is 10.6. The number of hydrogen-bond acceptors (Lipinski definition) is 8. The molecular weight excluding hydrogens is 422 g/mol. The molecule has 5 rings (SSSR count). The summed E-state index contributed by atoms with van der Waals surface area (Å²) in [7, 11) is 0. The van der Waals surface area contributed by atoms with Crippen LogP contribution in [-0.4, -0.2) is 70.3 Å². The molecule has 0 bridgehead atoms. The van der Waals surface area contributed by atoms with E-state index in [-0.39, 0.29) is 6.54 Å². The van der Waals surface area contributed by atoms with Gasteiger partial charge in [0.25, 0.3) is 11.8 Å². The Morgan fingerprint density at radius 1 is 0.818 bits per heavy atom. The molecule has 0 aliphatic carbocycles. The minimum absolute atomic E-state index is 0.311. The van der Waals surface area contributed by atoms with E-state index in [9.17, 15) is 14.4 Å². The van der Waals surface area contributed by atoms with Gasteiger partial charge in [-0.2, -0.15) is 0 Å². The number of hydrogen-bond donors (Lipinski definition) is 1. The lowest BCUT2D eigenvalue weighted by Gasteiger charge is -2.35. The summed E-state index contributed by atoms with van der Waals surface area (Å²) in [6, 6.07) is 12.4. The number of anilines is 3. The first kappa shape index (κ1) is 20.6. The van der Waals surface area contributed by atoms with Gasteiger partial charge < -0.3 is 15.1 Å². The molecule has 0 unspecified atom stereocenters. The highest BCUT2D eigenvalue weighted by Gasteiger charge is 2.36. The maximum absolute atomic E-state index is 12.4. The Morgan fingerprint density at radius 3 is 2.03 bits per heavy atom. The average Bonchev–Trinajstić information content (AvgIpc) is 3.10. The molecular formula is C23H21N7O3. The Morgan fingerprint density at radius 2 is 1.42 bits per heavy atom. The number of aromatic nitrogens is 3. The van der Waals surface area contributed by atoms with Crippen molar-refractivity contribution in [3.63, 3.8) is 0 Å². The normalized spacial score (nSPS) is 15.6. The summed E-state index contributed by atoms with van der Waals surface area (Å²) in [5.41, 5.74) is 1.02. The number of benzene rings is 1. The van der Waals surface area contributed by atoms with Crippen molar-refractivity contribution in [1.82, 2.24) is 19.9 Å². The predicted molar refractivity (Wildman–Crippen MR) is 121 cm³/mol. The number of carbonyl (C=O) groups excluding carboxylic acids is 3. The lowest BCUT2D eigenvalue weighted by atomic mass is 10.1. The van der Waals surface area contributed by atoms with E-state index in [2.05, 4.69) is 30.1 Å². The molecule has 10 heteroatoms. The number of fused-ring (bicyclic) bond motifs is 1. The molecule has 1 N–H and O–H groups in total. The number of amides is 3. The topological polar surface area (TPSA) is 112 Å². The van der Waals surface area contributed by atoms with Crippen molar-refractivity contribution in [2.24, 2.45) is 0 Å². The van der Waals surface area contributed by atoms with E-state index in [1.807, 2.05) is 18.2 Å². The third-order valence-corrected chi connectivity index (χ3v) is 5.64. The fourth-order valence-electron chi connectivity index (χ4n) is 3.95. The summed E-state index contributed by atoms with van der Waals surface area (Å²) < 4.78 is 0. The standard InChI is InChI=1S/C23H21N7O3/c31-20(15-30-21(32)17-5-1-2-6-18(17)22(30)33)27-16-13-25-23(26-14-16)29-11-9-28(10-12-29)19-7-3-4-8-24-19/h1-8,13-14H,9-12,15H2,(H,27,31). The smallest absolute Gasteiger partial charge is 0.262 e. The van der Waals surface area contributed by atoms with Gasteiger partial charge in [0.05, 0.1) is 29.2 Å². The number of pyridine rings is 1. The van der Waals surface area contributed by atoms with Crippen molar-refractivity contribution in [2.45, 2.75) is 0 Å². The molecule has 3 amide bonds. The van der Waals surface area contributed by atoms with Crippen LogP contribution in [0.2, 0.25) is 0 Å². The quantitative estimate of drug-likeness (QED) is 0.590. The Labute approximate surface area is 189 Å². The lowest BCUT2D eigenvalue weighted by molar-refractivity contribution is -0.116. The zero-order valence-electron chi connectivity index (χ0n) is 17.7. The van der Waals surface area contributed by atoms with Gasteiger partial charge in [0.1, 0.15) is 12.4 Å². The van der Waals surface area contributed by atoms with Crippen LogP contribution in [0.4, 0.5) is 17.5 Å². The SMILES string of the molecule is O=C(CN1C(=O)c2ccccc2C1=O)Nc1cnc(N2CCN(c3ccccn3)CC2)nc1. The first-order valence-electron chi connectivity index (χ1n) is 10.6. The average molecular weight is 443 g/mol. The molecule has 0 radical (unpaired) electrons. The van der Waals surface area contributed by atoms with Gasteiger partial charge in [0.15, 0.2) is 0 Å². The predicted octanol–water partition coefficient (Wildman–Crippen LogP) is 1.43. The van der Waals surface area contributed by atoms with Gasteiger partial charge in [-0.15, -0.1) is 0 Å². The van der Waals surface area contributed by atoms with Crippen molar-refractivity contribution in [2.75, 3.05) is 47.8 Å². The first-order chi connectivity index (χ1) is 16.1. The molecule has 33 heavy (non-hydrogen) atoms. The second-order valence-corrected chi connectivity index (χ2v) is 7.72. The summed E-state index contributed by atoms with van der Waals surface area (Å²) in [4.78, 5) is 55.6. The van der Waals surface area contributed by atoms with Crippen LogP contribution >= 0.6 is 0 Å². The lowest BCUT2D eigenvalue weighted by Crippen LogP contribution is -2.47. The van der Waals surface area contributed by atoms with E-state index in [1.165, 1.54) is 12.4 Å². The van der Waals surface area contributed by atoms with Crippen LogP contribution in [0.3, 0.4) is 0 Å². The monoisotopic (exact) mass is 443 g/mol. The van der Waals surface area contributed by atoms with Gasteiger partial charge in [-0.3, -0.25) is 19.3 Å². The molecule has 2 aromatic heterocycles. The van der Waals surface area contributed by atoms with Gasteiger partial charge in [-0.05, 0) is 24.3 Å². The molecule has 1 fully saturated rings. The summed E-state index contributed by atoms with van der Waals surface area (Å²) in [6.45, 7) is 2.74. The number of rotatable bonds is 5. The maximum Gasteiger partial charge on any atom is 0.262 e. The van der Waals surface area contributed by atoms with Crippen LogP contribution in [-0.2, 0) is 4.79 Å². The van der Waals surface area contributed by atoms with E-state index in [1.54, 1.807) is 30.5 Å². The van der Waals surface area contributed by atoms with Crippen LogP contribution in [0.25, 0.3) is 0 Å². The van der Waals surface area contributed by atoms with Gasteiger partial charge in [0, 0.05) is 32.4 Å². The van der Waals surface area contributed by atoms with E-state index in [0.717, 1.165) is 36.9 Å². The summed E-state index contributed by atoms with van der Waals surface area (Å²) in [6.07, 6.45) is 4.83. The molecule has 0 saturated carbocycles. The Bertz CT molecular complexity index is 1160. The number of nitrogens with zero attached hydrogens (tertiary/aromatic N) is 6. The fourth-order valence-corrected chi connectivity index (χ4v) is 3.95. The van der Waals surface area contributed by atoms with Crippen LogP contribution in [0.1, 0.15) is 20.7 Å². The minimum atomic E-state index is -0.496. The summed E-state index contributed by atoms with van der Waals surface area (Å²) in [5, 5.41) is 2.65. The number of piperazine rings is 1. The van der Waals surface area contributed by atoms with Crippen molar-refractivity contribution < 1.29 is 14.4 Å². The zero-order chi connectivity index (χ0) is 22.8. The molecule has 10 nitrogen and oxygen atoms in total. The van der Waals surface area contributed by atoms with Crippen molar-refractivity contribution in [1.29, 1.82) is 0 Å². The second kappa shape index (κ2) is 8.65. The fraction of sp³-hybridized carbons (Fsp3) is 0.217. The molecule has 2 aliphatic heterocycles. The highest BCUT2D eigenvalue weighted by Crippen LogP contribution is 2.22. The van der Waals surface area contributed by atoms with E-state index in [4.69, 9.17) is 0 Å². The summed E-state index contributed by atoms with van der Waals surface area (Å²) in [5.74, 6) is 0.0948. The Hall–Kier alpha value is -4.34. The van der Waals surface area contributed by atoms with Crippen LogP contribution < -0.4 is 15.1 Å². The molecule has 1 saturated heterocycles. The highest BCUT2D eigenvalue weighted by atomic mass is 16.2. The molecule has 3 aromatic rings. The minimum Gasteiger partial charge on any atom is -0.353 e. The van der Waals surface area contributed by atoms with E-state index < -0.39 is 17.7 Å². The molecule has 166 valence electrons. The second-order valence-electron chi connectivity index (χ2n) is 7.72. The molecule has 2 aliphatic rings. The molecule has 0 atom stereocenters. The third kappa shape index (κ3) is 4.10. The maximum atomic E-state index is 12.4. The van der Waals surface area contributed by atoms with E-state index in [0.29, 0.717) is 22.8 Å². The van der Waals surface area contributed by atoms with Gasteiger partial charge in [0.2, 0.25) is 11.9 Å². The Balaban J connectivity index is 1.16. The molecule has 0 spiro atoms.